The van der Waals surface area contributed by atoms with E-state index in [9.17, 15) is 5.11 Å². The average molecular weight is 177 g/mol. The summed E-state index contributed by atoms with van der Waals surface area (Å²) in [6, 6.07) is 0.247. The Hall–Kier alpha value is -0.550. The predicted octanol–water partition coefficient (Wildman–Crippen LogP) is 1.85. The summed E-state index contributed by atoms with van der Waals surface area (Å²) < 4.78 is 0. The molecular weight excluding hydrogens is 162 g/mol. The van der Waals surface area contributed by atoms with Gasteiger partial charge in [0, 0.05) is 11.8 Å². The van der Waals surface area contributed by atoms with Gasteiger partial charge in [0.25, 0.3) is 0 Å². The minimum atomic E-state index is -0.363. The summed E-state index contributed by atoms with van der Waals surface area (Å²) in [6.45, 7) is 7.18. The van der Waals surface area contributed by atoms with Crippen LogP contribution in [0.2, 0.25) is 0 Å². The van der Waals surface area contributed by atoms with Crippen molar-refractivity contribution in [2.45, 2.75) is 43.7 Å². The smallest absolute Gasteiger partial charge is 0.229 e. The molecule has 0 radical (unpaired) electrons. The summed E-state index contributed by atoms with van der Waals surface area (Å²) in [7, 11) is 0. The third-order valence-corrected chi connectivity index (χ3v) is 4.34. The highest BCUT2D eigenvalue weighted by atomic mass is 16.3. The van der Waals surface area contributed by atoms with Crippen LogP contribution in [0.3, 0.4) is 0 Å². The number of aliphatic hydroxyl groups is 1. The fourth-order valence-electron chi connectivity index (χ4n) is 4.17. The molecule has 70 valence electrons. The zero-order valence-electron chi connectivity index (χ0n) is 7.74. The van der Waals surface area contributed by atoms with E-state index in [1.165, 1.54) is 12.8 Å². The molecule has 2 heteroatoms. The van der Waals surface area contributed by atoms with Crippen molar-refractivity contribution in [1.29, 1.82) is 0 Å². The van der Waals surface area contributed by atoms with Gasteiger partial charge in [-0.2, -0.15) is 0 Å². The molecule has 0 aliphatic heterocycles. The van der Waals surface area contributed by atoms with E-state index in [0.29, 0.717) is 11.8 Å². The van der Waals surface area contributed by atoms with Gasteiger partial charge in [-0.25, -0.2) is 6.57 Å². The molecule has 13 heavy (non-hydrogen) atoms. The molecule has 4 fully saturated rings. The second-order valence-electron chi connectivity index (χ2n) is 5.31. The van der Waals surface area contributed by atoms with Crippen LogP contribution >= 0.6 is 0 Å². The quantitative estimate of drug-likeness (QED) is 0.561. The van der Waals surface area contributed by atoms with E-state index in [0.717, 1.165) is 25.2 Å². The normalized spacial score (nSPS) is 57.8. The number of hydrogen-bond acceptors (Lipinski definition) is 1. The first-order chi connectivity index (χ1) is 6.20. The van der Waals surface area contributed by atoms with Gasteiger partial charge >= 0.3 is 0 Å². The Balaban J connectivity index is 1.95. The lowest BCUT2D eigenvalue weighted by Crippen LogP contribution is -2.55. The fraction of sp³-hybridized carbons (Fsp3) is 0.909. The van der Waals surface area contributed by atoms with Gasteiger partial charge in [-0.05, 0) is 38.0 Å². The highest BCUT2D eigenvalue weighted by Gasteiger charge is 2.57. The van der Waals surface area contributed by atoms with Crippen molar-refractivity contribution < 1.29 is 5.11 Å². The van der Waals surface area contributed by atoms with E-state index in [4.69, 9.17) is 6.57 Å². The van der Waals surface area contributed by atoms with Crippen LogP contribution in [0.5, 0.6) is 0 Å². The Morgan fingerprint density at radius 1 is 1.15 bits per heavy atom. The van der Waals surface area contributed by atoms with Crippen LogP contribution in [0, 0.1) is 24.3 Å². The van der Waals surface area contributed by atoms with Crippen LogP contribution in [-0.4, -0.2) is 16.7 Å². The largest absolute Gasteiger partial charge is 0.390 e. The van der Waals surface area contributed by atoms with E-state index in [2.05, 4.69) is 4.85 Å². The molecule has 0 amide bonds. The third-order valence-electron chi connectivity index (χ3n) is 4.34. The maximum absolute atomic E-state index is 10.2. The van der Waals surface area contributed by atoms with Crippen LogP contribution < -0.4 is 0 Å². The molecule has 4 bridgehead atoms. The summed E-state index contributed by atoms with van der Waals surface area (Å²) in [6.07, 6.45) is 5.27. The summed E-state index contributed by atoms with van der Waals surface area (Å²) in [5, 5.41) is 10.2. The molecule has 4 rings (SSSR count). The summed E-state index contributed by atoms with van der Waals surface area (Å²) in [5.41, 5.74) is -0.363. The van der Waals surface area contributed by atoms with E-state index >= 15 is 0 Å². The van der Waals surface area contributed by atoms with Crippen LogP contribution in [0.1, 0.15) is 32.1 Å². The van der Waals surface area contributed by atoms with Crippen molar-refractivity contribution in [3.05, 3.63) is 11.4 Å². The van der Waals surface area contributed by atoms with Gasteiger partial charge in [0.05, 0.1) is 5.60 Å². The first kappa shape index (κ1) is 7.82. The average Bonchev–Trinajstić information content (AvgIpc) is 2.00. The van der Waals surface area contributed by atoms with Gasteiger partial charge in [-0.1, -0.05) is 0 Å². The SMILES string of the molecule is [C-]#[N+]C1C2CC3CC1CC(O)(C3)C2. The molecule has 2 atom stereocenters. The highest BCUT2D eigenvalue weighted by molar-refractivity contribution is 5.10. The van der Waals surface area contributed by atoms with Crippen LogP contribution in [0.15, 0.2) is 0 Å². The molecular formula is C11H15NO. The maximum Gasteiger partial charge on any atom is 0.229 e. The lowest BCUT2D eigenvalue weighted by Gasteiger charge is -2.53. The van der Waals surface area contributed by atoms with E-state index in [1.54, 1.807) is 0 Å². The first-order valence-electron chi connectivity index (χ1n) is 5.29. The first-order valence-corrected chi connectivity index (χ1v) is 5.29. The second-order valence-corrected chi connectivity index (χ2v) is 5.31. The highest BCUT2D eigenvalue weighted by Crippen LogP contribution is 2.56. The van der Waals surface area contributed by atoms with Crippen molar-refractivity contribution in [3.63, 3.8) is 0 Å². The van der Waals surface area contributed by atoms with Gasteiger partial charge in [0.1, 0.15) is 0 Å². The van der Waals surface area contributed by atoms with Crippen LogP contribution in [0.25, 0.3) is 4.85 Å². The van der Waals surface area contributed by atoms with Gasteiger partial charge in [-0.3, -0.25) is 0 Å². The molecule has 2 nitrogen and oxygen atoms in total. The summed E-state index contributed by atoms with van der Waals surface area (Å²) in [5.74, 6) is 1.78. The summed E-state index contributed by atoms with van der Waals surface area (Å²) >= 11 is 0. The Morgan fingerprint density at radius 2 is 1.77 bits per heavy atom. The van der Waals surface area contributed by atoms with Crippen molar-refractivity contribution in [2.75, 3.05) is 0 Å². The Kier molecular flexibility index (Phi) is 1.37. The molecule has 0 aromatic rings. The number of nitrogens with zero attached hydrogens (tertiary/aromatic N) is 1. The lowest BCUT2D eigenvalue weighted by atomic mass is 9.52. The molecule has 1 N–H and O–H groups in total. The molecule has 0 spiro atoms. The van der Waals surface area contributed by atoms with Crippen molar-refractivity contribution in [3.8, 4) is 0 Å². The van der Waals surface area contributed by atoms with E-state index in [1.807, 2.05) is 0 Å². The van der Waals surface area contributed by atoms with Gasteiger partial charge in [0.15, 0.2) is 0 Å². The van der Waals surface area contributed by atoms with E-state index < -0.39 is 0 Å². The topological polar surface area (TPSA) is 24.6 Å². The zero-order chi connectivity index (χ0) is 9.05. The molecule has 0 aromatic carbocycles. The van der Waals surface area contributed by atoms with Crippen LogP contribution in [-0.2, 0) is 0 Å². The molecule has 0 heterocycles. The molecule has 0 saturated heterocycles. The Bertz CT molecular complexity index is 264. The predicted molar refractivity (Wildman–Crippen MR) is 48.9 cm³/mol. The Morgan fingerprint density at radius 3 is 2.23 bits per heavy atom. The third kappa shape index (κ3) is 0.971. The molecule has 2 unspecified atom stereocenters. The Labute approximate surface area is 78.8 Å². The molecule has 4 aliphatic carbocycles. The zero-order valence-corrected chi connectivity index (χ0v) is 7.74. The van der Waals surface area contributed by atoms with Crippen molar-refractivity contribution >= 4 is 0 Å². The monoisotopic (exact) mass is 177 g/mol. The minimum Gasteiger partial charge on any atom is -0.390 e. The van der Waals surface area contributed by atoms with E-state index in [-0.39, 0.29) is 11.6 Å². The summed E-state index contributed by atoms with van der Waals surface area (Å²) in [4.78, 5) is 3.76. The minimum absolute atomic E-state index is 0.247. The second kappa shape index (κ2) is 2.27. The molecule has 4 aliphatic rings. The lowest BCUT2D eigenvalue weighted by molar-refractivity contribution is -0.127. The van der Waals surface area contributed by atoms with Gasteiger partial charge < -0.3 is 9.95 Å². The maximum atomic E-state index is 10.2. The van der Waals surface area contributed by atoms with Crippen molar-refractivity contribution in [2.24, 2.45) is 17.8 Å². The van der Waals surface area contributed by atoms with Gasteiger partial charge in [0.2, 0.25) is 6.04 Å². The fourth-order valence-corrected chi connectivity index (χ4v) is 4.17. The standard InChI is InChI=1S/C11H15NO/c1-12-10-8-2-7-3-9(10)6-11(13,4-7)5-8/h7-10,13H,2-6H2. The molecule has 0 aromatic heterocycles. The number of rotatable bonds is 0. The van der Waals surface area contributed by atoms with Crippen LogP contribution in [0.4, 0.5) is 0 Å². The van der Waals surface area contributed by atoms with Gasteiger partial charge in [-0.15, -0.1) is 0 Å². The number of hydrogen-bond donors (Lipinski definition) is 1. The molecule has 4 saturated carbocycles. The van der Waals surface area contributed by atoms with Crippen molar-refractivity contribution in [1.82, 2.24) is 0 Å².